The minimum atomic E-state index is -3.98. The molecule has 0 aliphatic rings. The Morgan fingerprint density at radius 1 is 0.851 bits per heavy atom. The largest absolute Gasteiger partial charge is 0.453 e. The SMILES string of the molecule is CC[C@@H](CCC[C@@H](CO)N(C(C)C)S(=O)(=O)c1ccc(C(C)=O)cc1)NC(=O)[C@@H](NC(=O)OC)C(c1ccccc1)c1ccccc1. The van der Waals surface area contributed by atoms with E-state index in [2.05, 4.69) is 10.6 Å². The van der Waals surface area contributed by atoms with E-state index in [0.29, 0.717) is 31.2 Å². The van der Waals surface area contributed by atoms with Crippen molar-refractivity contribution in [1.29, 1.82) is 0 Å². The molecule has 0 saturated heterocycles. The van der Waals surface area contributed by atoms with Gasteiger partial charge in [0.05, 0.1) is 18.6 Å². The van der Waals surface area contributed by atoms with Gasteiger partial charge in [-0.1, -0.05) is 79.7 Å². The first-order valence-electron chi connectivity index (χ1n) is 15.9. The number of ketones is 1. The lowest BCUT2D eigenvalue weighted by molar-refractivity contribution is -0.124. The second-order valence-electron chi connectivity index (χ2n) is 11.8. The van der Waals surface area contributed by atoms with E-state index in [1.165, 1.54) is 42.6 Å². The van der Waals surface area contributed by atoms with Crippen LogP contribution in [0.2, 0.25) is 0 Å². The quantitative estimate of drug-likeness (QED) is 0.167. The van der Waals surface area contributed by atoms with Crippen LogP contribution in [-0.4, -0.2) is 73.5 Å². The van der Waals surface area contributed by atoms with Gasteiger partial charge < -0.3 is 20.5 Å². The van der Waals surface area contributed by atoms with Gasteiger partial charge in [-0.05, 0) is 69.7 Å². The van der Waals surface area contributed by atoms with Gasteiger partial charge in [0.1, 0.15) is 6.04 Å². The first-order chi connectivity index (χ1) is 22.4. The van der Waals surface area contributed by atoms with Crippen molar-refractivity contribution in [3.63, 3.8) is 0 Å². The van der Waals surface area contributed by atoms with Crippen LogP contribution >= 0.6 is 0 Å². The number of ether oxygens (including phenoxy) is 1. The van der Waals surface area contributed by atoms with Crippen molar-refractivity contribution >= 4 is 27.8 Å². The molecule has 3 N–H and O–H groups in total. The Morgan fingerprint density at radius 2 is 1.40 bits per heavy atom. The van der Waals surface area contributed by atoms with Crippen LogP contribution in [0.15, 0.2) is 89.8 Å². The van der Waals surface area contributed by atoms with Crippen molar-refractivity contribution < 1.29 is 32.6 Å². The lowest BCUT2D eigenvalue weighted by atomic mass is 9.84. The molecular formula is C36H47N3O7S. The molecule has 11 heteroatoms. The lowest BCUT2D eigenvalue weighted by Crippen LogP contribution is -2.52. The molecule has 2 amide bonds. The summed E-state index contributed by atoms with van der Waals surface area (Å²) < 4.78 is 33.5. The average Bonchev–Trinajstić information content (AvgIpc) is 3.07. The number of aliphatic hydroxyl groups is 1. The smallest absolute Gasteiger partial charge is 0.407 e. The van der Waals surface area contributed by atoms with Crippen LogP contribution in [0.4, 0.5) is 4.79 Å². The van der Waals surface area contributed by atoms with E-state index < -0.39 is 40.2 Å². The maximum atomic E-state index is 13.9. The first-order valence-corrected chi connectivity index (χ1v) is 17.4. The highest BCUT2D eigenvalue weighted by molar-refractivity contribution is 7.89. The summed E-state index contributed by atoms with van der Waals surface area (Å²) in [5.74, 6) is -1.04. The third-order valence-electron chi connectivity index (χ3n) is 8.24. The number of hydrogen-bond donors (Lipinski definition) is 3. The van der Waals surface area contributed by atoms with Gasteiger partial charge in [-0.15, -0.1) is 0 Å². The molecule has 0 saturated carbocycles. The molecule has 3 rings (SSSR count). The van der Waals surface area contributed by atoms with Crippen molar-refractivity contribution in [2.75, 3.05) is 13.7 Å². The molecule has 0 aliphatic heterocycles. The fourth-order valence-electron chi connectivity index (χ4n) is 5.83. The molecule has 0 aromatic heterocycles. The van der Waals surface area contributed by atoms with E-state index in [-0.39, 0.29) is 29.2 Å². The number of carbonyl (C=O) groups excluding carboxylic acids is 3. The van der Waals surface area contributed by atoms with Crippen LogP contribution in [0.25, 0.3) is 0 Å². The van der Waals surface area contributed by atoms with Gasteiger partial charge in [-0.25, -0.2) is 13.2 Å². The average molecular weight is 666 g/mol. The topological polar surface area (TPSA) is 142 Å². The van der Waals surface area contributed by atoms with Gasteiger partial charge in [0.15, 0.2) is 5.78 Å². The zero-order valence-electron chi connectivity index (χ0n) is 27.8. The first kappa shape index (κ1) is 37.4. The lowest BCUT2D eigenvalue weighted by Gasteiger charge is -2.33. The summed E-state index contributed by atoms with van der Waals surface area (Å²) in [6, 6.07) is 22.3. The second-order valence-corrected chi connectivity index (χ2v) is 13.6. The third kappa shape index (κ3) is 9.96. The summed E-state index contributed by atoms with van der Waals surface area (Å²) in [5.41, 5.74) is 2.11. The summed E-state index contributed by atoms with van der Waals surface area (Å²) in [4.78, 5) is 38.1. The molecular weight excluding hydrogens is 618 g/mol. The summed E-state index contributed by atoms with van der Waals surface area (Å²) in [6.45, 7) is 6.48. The van der Waals surface area contributed by atoms with Gasteiger partial charge >= 0.3 is 6.09 Å². The maximum absolute atomic E-state index is 13.9. The Bertz CT molecular complexity index is 1510. The number of hydrogen-bond acceptors (Lipinski definition) is 7. The van der Waals surface area contributed by atoms with E-state index in [1.54, 1.807) is 13.8 Å². The number of rotatable bonds is 17. The second kappa shape index (κ2) is 17.7. The van der Waals surface area contributed by atoms with E-state index in [4.69, 9.17) is 4.74 Å². The molecule has 0 unspecified atom stereocenters. The van der Waals surface area contributed by atoms with Gasteiger partial charge in [-0.3, -0.25) is 9.59 Å². The monoisotopic (exact) mass is 665 g/mol. The molecule has 3 atom stereocenters. The highest BCUT2D eigenvalue weighted by Crippen LogP contribution is 2.29. The number of benzene rings is 3. The predicted octanol–water partition coefficient (Wildman–Crippen LogP) is 5.27. The Morgan fingerprint density at radius 3 is 1.85 bits per heavy atom. The van der Waals surface area contributed by atoms with Crippen LogP contribution in [0.3, 0.4) is 0 Å². The van der Waals surface area contributed by atoms with Crippen molar-refractivity contribution in [2.45, 2.75) is 88.4 Å². The standard InChI is InChI=1S/C36H47N3O7S/c1-6-30(18-13-19-31(24-40)39(25(2)3)47(44,45)32-22-20-27(21-23-32)26(4)41)37-35(42)34(38-36(43)46-5)33(28-14-9-7-10-15-28)29-16-11-8-12-17-29/h7-12,14-17,20-23,25,30-31,33-34,40H,6,13,18-19,24H2,1-5H3,(H,37,42)(H,38,43)/t30-,31-,34-/m0/s1. The van der Waals surface area contributed by atoms with Gasteiger partial charge in [0.2, 0.25) is 15.9 Å². The number of alkyl carbamates (subject to hydrolysis) is 1. The fourth-order valence-corrected chi connectivity index (χ4v) is 7.67. The number of amides is 2. The fraction of sp³-hybridized carbons (Fsp3) is 0.417. The molecule has 0 aliphatic carbocycles. The number of Topliss-reactive ketones (excluding diaryl/α,β-unsaturated/α-hetero) is 1. The minimum absolute atomic E-state index is 0.0453. The summed E-state index contributed by atoms with van der Waals surface area (Å²) >= 11 is 0. The molecule has 3 aromatic rings. The van der Waals surface area contributed by atoms with Crippen LogP contribution in [0, 0.1) is 0 Å². The Labute approximate surface area is 278 Å². The molecule has 10 nitrogen and oxygen atoms in total. The molecule has 0 heterocycles. The normalized spacial score (nSPS) is 13.6. The number of aliphatic hydroxyl groups excluding tert-OH is 1. The number of sulfonamides is 1. The molecule has 47 heavy (non-hydrogen) atoms. The number of nitrogens with zero attached hydrogens (tertiary/aromatic N) is 1. The molecule has 0 spiro atoms. The zero-order chi connectivity index (χ0) is 34.6. The number of carbonyl (C=O) groups is 3. The number of nitrogens with one attached hydrogen (secondary N) is 2. The summed E-state index contributed by atoms with van der Waals surface area (Å²) in [6.07, 6.45) is 1.25. The molecule has 254 valence electrons. The Balaban J connectivity index is 1.78. The predicted molar refractivity (Wildman–Crippen MR) is 182 cm³/mol. The van der Waals surface area contributed by atoms with Crippen LogP contribution in [0.1, 0.15) is 80.8 Å². The van der Waals surface area contributed by atoms with Crippen LogP contribution in [-0.2, 0) is 19.6 Å². The van der Waals surface area contributed by atoms with Gasteiger partial charge in [0, 0.05) is 29.6 Å². The van der Waals surface area contributed by atoms with Crippen molar-refractivity contribution in [3.05, 3.63) is 102 Å². The minimum Gasteiger partial charge on any atom is -0.453 e. The summed E-state index contributed by atoms with van der Waals surface area (Å²) in [5, 5.41) is 16.2. The third-order valence-corrected chi connectivity index (χ3v) is 10.4. The van der Waals surface area contributed by atoms with Gasteiger partial charge in [-0.2, -0.15) is 4.31 Å². The van der Waals surface area contributed by atoms with E-state index in [0.717, 1.165) is 11.1 Å². The van der Waals surface area contributed by atoms with E-state index in [9.17, 15) is 27.9 Å². The van der Waals surface area contributed by atoms with E-state index >= 15 is 0 Å². The Kier molecular flexibility index (Phi) is 14.1. The Hall–Kier alpha value is -4.06. The number of methoxy groups -OCH3 is 1. The van der Waals surface area contributed by atoms with Gasteiger partial charge in [0.25, 0.3) is 0 Å². The molecule has 3 aromatic carbocycles. The highest BCUT2D eigenvalue weighted by Gasteiger charge is 2.35. The molecule has 0 fully saturated rings. The van der Waals surface area contributed by atoms with Crippen molar-refractivity contribution in [1.82, 2.24) is 14.9 Å². The zero-order valence-corrected chi connectivity index (χ0v) is 28.6. The highest BCUT2D eigenvalue weighted by atomic mass is 32.2. The van der Waals surface area contributed by atoms with Crippen LogP contribution in [0.5, 0.6) is 0 Å². The van der Waals surface area contributed by atoms with Crippen LogP contribution < -0.4 is 10.6 Å². The summed E-state index contributed by atoms with van der Waals surface area (Å²) in [7, 11) is -2.73. The maximum Gasteiger partial charge on any atom is 0.407 e. The molecule has 0 bridgehead atoms. The van der Waals surface area contributed by atoms with Crippen molar-refractivity contribution in [2.24, 2.45) is 0 Å². The molecule has 0 radical (unpaired) electrons. The van der Waals surface area contributed by atoms with Crippen molar-refractivity contribution in [3.8, 4) is 0 Å². The van der Waals surface area contributed by atoms with E-state index in [1.807, 2.05) is 67.6 Å².